The highest BCUT2D eigenvalue weighted by Gasteiger charge is 2.18. The number of rotatable bonds is 4. The Kier molecular flexibility index (Phi) is 4.84. The second kappa shape index (κ2) is 6.61. The van der Waals surface area contributed by atoms with Gasteiger partial charge in [-0.15, -0.1) is 0 Å². The molecule has 1 atom stereocenters. The summed E-state index contributed by atoms with van der Waals surface area (Å²) in [5.41, 5.74) is 0.107. The average molecular weight is 278 g/mol. The molecule has 5 heteroatoms. The standard InChI is InChI=1S/C15H22N2O3/c1-11(17-7-3-2-4-8-17)10-16-15(20)13-9-12(18)5-6-14(13)19/h5-6,9,11,18-19H,2-4,7-8,10H2,1H3,(H,16,20). The van der Waals surface area contributed by atoms with Crippen LogP contribution in [-0.2, 0) is 0 Å². The molecule has 1 aromatic carbocycles. The lowest BCUT2D eigenvalue weighted by Crippen LogP contribution is -2.44. The van der Waals surface area contributed by atoms with Crippen LogP contribution in [0.15, 0.2) is 18.2 Å². The van der Waals surface area contributed by atoms with Crippen LogP contribution in [-0.4, -0.2) is 46.7 Å². The van der Waals surface area contributed by atoms with Crippen molar-refractivity contribution >= 4 is 5.91 Å². The van der Waals surface area contributed by atoms with Crippen molar-refractivity contribution in [1.82, 2.24) is 10.2 Å². The maximum Gasteiger partial charge on any atom is 0.255 e. The first kappa shape index (κ1) is 14.7. The Morgan fingerprint density at radius 3 is 2.70 bits per heavy atom. The van der Waals surface area contributed by atoms with Crippen LogP contribution in [0.1, 0.15) is 36.5 Å². The maximum atomic E-state index is 12.0. The first-order chi connectivity index (χ1) is 9.58. The van der Waals surface area contributed by atoms with E-state index in [-0.39, 0.29) is 29.0 Å². The number of piperidine rings is 1. The molecule has 1 unspecified atom stereocenters. The molecule has 1 amide bonds. The number of phenolic OH excluding ortho intramolecular Hbond substituents is 2. The van der Waals surface area contributed by atoms with Crippen molar-refractivity contribution in [2.45, 2.75) is 32.2 Å². The van der Waals surface area contributed by atoms with Gasteiger partial charge in [0, 0.05) is 12.6 Å². The molecule has 0 aromatic heterocycles. The molecule has 20 heavy (non-hydrogen) atoms. The van der Waals surface area contributed by atoms with Crippen LogP contribution in [0.4, 0.5) is 0 Å². The fraction of sp³-hybridized carbons (Fsp3) is 0.533. The van der Waals surface area contributed by atoms with Crippen LogP contribution >= 0.6 is 0 Å². The maximum absolute atomic E-state index is 12.0. The number of benzene rings is 1. The van der Waals surface area contributed by atoms with Gasteiger partial charge in [-0.25, -0.2) is 0 Å². The van der Waals surface area contributed by atoms with Crippen LogP contribution < -0.4 is 5.32 Å². The molecule has 1 heterocycles. The molecule has 1 aliphatic rings. The second-order valence-electron chi connectivity index (χ2n) is 5.36. The quantitative estimate of drug-likeness (QED) is 0.733. The lowest BCUT2D eigenvalue weighted by atomic mass is 10.1. The first-order valence-electron chi connectivity index (χ1n) is 7.12. The van der Waals surface area contributed by atoms with Crippen LogP contribution in [0, 0.1) is 0 Å². The van der Waals surface area contributed by atoms with Crippen molar-refractivity contribution in [3.63, 3.8) is 0 Å². The zero-order chi connectivity index (χ0) is 14.5. The van der Waals surface area contributed by atoms with Gasteiger partial charge in [-0.2, -0.15) is 0 Å². The third-order valence-corrected chi connectivity index (χ3v) is 3.80. The molecular formula is C15H22N2O3. The number of carbonyl (C=O) groups excluding carboxylic acids is 1. The van der Waals surface area contributed by atoms with E-state index < -0.39 is 0 Å². The van der Waals surface area contributed by atoms with E-state index in [0.29, 0.717) is 6.54 Å². The van der Waals surface area contributed by atoms with Crippen molar-refractivity contribution in [1.29, 1.82) is 0 Å². The fourth-order valence-corrected chi connectivity index (χ4v) is 2.53. The van der Waals surface area contributed by atoms with Gasteiger partial charge in [-0.3, -0.25) is 9.69 Å². The number of nitrogens with one attached hydrogen (secondary N) is 1. The number of phenols is 2. The lowest BCUT2D eigenvalue weighted by Gasteiger charge is -2.32. The highest BCUT2D eigenvalue weighted by Crippen LogP contribution is 2.21. The summed E-state index contributed by atoms with van der Waals surface area (Å²) in [4.78, 5) is 14.4. The van der Waals surface area contributed by atoms with Gasteiger partial charge in [0.2, 0.25) is 0 Å². The minimum Gasteiger partial charge on any atom is -0.508 e. The van der Waals surface area contributed by atoms with Crippen LogP contribution in [0.25, 0.3) is 0 Å². The van der Waals surface area contributed by atoms with Gasteiger partial charge in [-0.05, 0) is 51.1 Å². The molecule has 5 nitrogen and oxygen atoms in total. The smallest absolute Gasteiger partial charge is 0.255 e. The summed E-state index contributed by atoms with van der Waals surface area (Å²) in [7, 11) is 0. The molecule has 0 saturated carbocycles. The number of hydrogen-bond donors (Lipinski definition) is 3. The van der Waals surface area contributed by atoms with Crippen molar-refractivity contribution in [3.8, 4) is 11.5 Å². The predicted molar refractivity (Wildman–Crippen MR) is 77.0 cm³/mol. The number of amides is 1. The van der Waals surface area contributed by atoms with Gasteiger partial charge >= 0.3 is 0 Å². The third-order valence-electron chi connectivity index (χ3n) is 3.80. The van der Waals surface area contributed by atoms with Crippen molar-refractivity contribution in [2.24, 2.45) is 0 Å². The lowest BCUT2D eigenvalue weighted by molar-refractivity contribution is 0.0927. The summed E-state index contributed by atoms with van der Waals surface area (Å²) >= 11 is 0. The van der Waals surface area contributed by atoms with Gasteiger partial charge in [0.25, 0.3) is 5.91 Å². The van der Waals surface area contributed by atoms with Crippen molar-refractivity contribution in [3.05, 3.63) is 23.8 Å². The molecule has 0 radical (unpaired) electrons. The van der Waals surface area contributed by atoms with Crippen LogP contribution in [0.5, 0.6) is 11.5 Å². The van der Waals surface area contributed by atoms with Gasteiger partial charge in [-0.1, -0.05) is 6.42 Å². The van der Waals surface area contributed by atoms with E-state index in [1.54, 1.807) is 0 Å². The highest BCUT2D eigenvalue weighted by molar-refractivity contribution is 5.97. The minimum absolute atomic E-state index is 0.0305. The van der Waals surface area contributed by atoms with Crippen molar-refractivity contribution < 1.29 is 15.0 Å². The van der Waals surface area contributed by atoms with E-state index in [1.807, 2.05) is 0 Å². The summed E-state index contributed by atoms with van der Waals surface area (Å²) in [5.74, 6) is -0.509. The molecule has 110 valence electrons. The Morgan fingerprint density at radius 1 is 1.30 bits per heavy atom. The van der Waals surface area contributed by atoms with Crippen LogP contribution in [0.3, 0.4) is 0 Å². The summed E-state index contributed by atoms with van der Waals surface area (Å²) in [6.07, 6.45) is 3.71. The zero-order valence-corrected chi connectivity index (χ0v) is 11.8. The van der Waals surface area contributed by atoms with E-state index in [2.05, 4.69) is 17.1 Å². The number of aromatic hydroxyl groups is 2. The summed E-state index contributed by atoms with van der Waals surface area (Å²) < 4.78 is 0. The Balaban J connectivity index is 1.89. The summed E-state index contributed by atoms with van der Waals surface area (Å²) in [6, 6.07) is 4.22. The number of likely N-dealkylation sites (tertiary alicyclic amines) is 1. The molecule has 0 bridgehead atoms. The Labute approximate surface area is 119 Å². The van der Waals surface area contributed by atoms with Gasteiger partial charge in [0.05, 0.1) is 5.56 Å². The van der Waals surface area contributed by atoms with Gasteiger partial charge < -0.3 is 15.5 Å². The topological polar surface area (TPSA) is 72.8 Å². The molecule has 0 spiro atoms. The van der Waals surface area contributed by atoms with E-state index in [4.69, 9.17) is 0 Å². The molecule has 1 fully saturated rings. The largest absolute Gasteiger partial charge is 0.508 e. The molecule has 1 aromatic rings. The second-order valence-corrected chi connectivity index (χ2v) is 5.36. The molecule has 1 saturated heterocycles. The molecule has 0 aliphatic carbocycles. The fourth-order valence-electron chi connectivity index (χ4n) is 2.53. The van der Waals surface area contributed by atoms with Gasteiger partial charge in [0.15, 0.2) is 0 Å². The average Bonchev–Trinajstić information content (AvgIpc) is 2.47. The molecule has 3 N–H and O–H groups in total. The zero-order valence-electron chi connectivity index (χ0n) is 11.8. The summed E-state index contributed by atoms with van der Waals surface area (Å²) in [6.45, 7) is 4.78. The molecular weight excluding hydrogens is 256 g/mol. The minimum atomic E-state index is -0.359. The SMILES string of the molecule is CC(CNC(=O)c1cc(O)ccc1O)N1CCCCC1. The highest BCUT2D eigenvalue weighted by atomic mass is 16.3. The third kappa shape index (κ3) is 3.63. The Bertz CT molecular complexity index is 470. The number of hydrogen-bond acceptors (Lipinski definition) is 4. The Hall–Kier alpha value is -1.75. The van der Waals surface area contributed by atoms with E-state index in [9.17, 15) is 15.0 Å². The Morgan fingerprint density at radius 2 is 2.00 bits per heavy atom. The van der Waals surface area contributed by atoms with Crippen molar-refractivity contribution in [2.75, 3.05) is 19.6 Å². The monoisotopic (exact) mass is 278 g/mol. The predicted octanol–water partition coefficient (Wildman–Crippen LogP) is 1.70. The van der Waals surface area contributed by atoms with Gasteiger partial charge in [0.1, 0.15) is 11.5 Å². The molecule has 1 aliphatic heterocycles. The first-order valence-corrected chi connectivity index (χ1v) is 7.12. The van der Waals surface area contributed by atoms with E-state index in [0.717, 1.165) is 13.1 Å². The van der Waals surface area contributed by atoms with E-state index >= 15 is 0 Å². The molecule has 2 rings (SSSR count). The normalized spacial score (nSPS) is 17.6. The number of nitrogens with zero attached hydrogens (tertiary/aromatic N) is 1. The van der Waals surface area contributed by atoms with Crippen LogP contribution in [0.2, 0.25) is 0 Å². The number of carbonyl (C=O) groups is 1. The van der Waals surface area contributed by atoms with E-state index in [1.165, 1.54) is 37.5 Å². The summed E-state index contributed by atoms with van der Waals surface area (Å²) in [5, 5.41) is 21.8.